The van der Waals surface area contributed by atoms with Gasteiger partial charge in [0.05, 0.1) is 50.1 Å². The lowest BCUT2D eigenvalue weighted by molar-refractivity contribution is -0.340. The Labute approximate surface area is 424 Å². The Balaban J connectivity index is 1.52. The first-order valence-corrected chi connectivity index (χ1v) is 28.3. The second kappa shape index (κ2) is 33.2. The molecular weight excluding hydrogens is 928 g/mol. The van der Waals surface area contributed by atoms with Crippen molar-refractivity contribution in [2.75, 3.05) is 17.2 Å². The number of ether oxygens (including phenoxy) is 5. The van der Waals surface area contributed by atoms with E-state index in [1.807, 2.05) is 44.2 Å². The lowest BCUT2D eigenvalue weighted by atomic mass is 10.0. The second-order valence-corrected chi connectivity index (χ2v) is 21.3. The summed E-state index contributed by atoms with van der Waals surface area (Å²) >= 11 is 0. The zero-order valence-corrected chi connectivity index (χ0v) is 44.7. The number of phosphoric ester groups is 1. The highest BCUT2D eigenvalue weighted by Gasteiger charge is 2.44. The number of anilines is 2. The average Bonchev–Trinajstić information content (AvgIpc) is 3.32. The zero-order valence-electron chi connectivity index (χ0n) is 43.9. The second-order valence-electron chi connectivity index (χ2n) is 19.7. The summed E-state index contributed by atoms with van der Waals surface area (Å²) in [6, 6.07) is 14.2. The number of nitrogens with one attached hydrogen (secondary N) is 2. The van der Waals surface area contributed by atoms with Crippen molar-refractivity contribution in [1.82, 2.24) is 0 Å². The highest BCUT2D eigenvalue weighted by atomic mass is 31.2. The van der Waals surface area contributed by atoms with Crippen LogP contribution in [0.1, 0.15) is 207 Å². The number of para-hydroxylation sites is 1. The van der Waals surface area contributed by atoms with E-state index in [9.17, 15) is 23.7 Å². The molecule has 6 atom stereocenters. The standard InChI is InChI=1S/C55H87N2O13P/c1-7-9-11-13-15-17-19-21-26-32-46(66-42(3)58)37-51(60)56-48-34-28-31-45(54(48)57-52(61)38-47(67-43(4)59)33-27-22-20-18-16-14-12-10-8-2)40-65-71(62,64-39-44-29-24-23-25-30-44)70-53-36-35-49-50(68-53)41-63-55(5,6)69-49/h23-25,28-31,34,46-47,49-50,53H,7-22,26-27,32-33,35-41H2,1-6H3,(H,56,60)(H,57,61)/t46-,47-,49+,50-,53-,71?/m1/s1. The van der Waals surface area contributed by atoms with Gasteiger partial charge in [-0.2, -0.15) is 0 Å². The number of unbranched alkanes of at least 4 members (excludes halogenated alkanes) is 16. The molecule has 0 spiro atoms. The van der Waals surface area contributed by atoms with Gasteiger partial charge in [-0.15, -0.1) is 0 Å². The van der Waals surface area contributed by atoms with E-state index >= 15 is 0 Å². The molecule has 2 saturated heterocycles. The first-order chi connectivity index (χ1) is 34.2. The van der Waals surface area contributed by atoms with Gasteiger partial charge in [0, 0.05) is 25.8 Å². The van der Waals surface area contributed by atoms with E-state index in [2.05, 4.69) is 24.5 Å². The topological polar surface area (TPSA) is 183 Å². The predicted molar refractivity (Wildman–Crippen MR) is 275 cm³/mol. The number of fused-ring (bicyclic) bond motifs is 1. The number of esters is 2. The van der Waals surface area contributed by atoms with Gasteiger partial charge in [0.25, 0.3) is 0 Å². The van der Waals surface area contributed by atoms with Gasteiger partial charge < -0.3 is 34.3 Å². The minimum atomic E-state index is -4.43. The van der Waals surface area contributed by atoms with Crippen LogP contribution < -0.4 is 10.6 Å². The summed E-state index contributed by atoms with van der Waals surface area (Å²) in [6.07, 6.45) is 19.0. The number of hydrogen-bond acceptors (Lipinski definition) is 13. The van der Waals surface area contributed by atoms with Crippen molar-refractivity contribution in [1.29, 1.82) is 0 Å². The molecule has 15 nitrogen and oxygen atoms in total. The Morgan fingerprint density at radius 1 is 0.648 bits per heavy atom. The lowest BCUT2D eigenvalue weighted by Gasteiger charge is -2.44. The Morgan fingerprint density at radius 3 is 1.72 bits per heavy atom. The number of carbonyl (C=O) groups is 4. The summed E-state index contributed by atoms with van der Waals surface area (Å²) in [6.45, 7) is 10.5. The van der Waals surface area contributed by atoms with E-state index in [0.717, 1.165) is 56.9 Å². The van der Waals surface area contributed by atoms with E-state index in [1.165, 1.54) is 78.1 Å². The Bertz CT molecular complexity index is 1920. The van der Waals surface area contributed by atoms with E-state index in [-0.39, 0.29) is 50.1 Å². The molecule has 16 heteroatoms. The summed E-state index contributed by atoms with van der Waals surface area (Å²) in [4.78, 5) is 52.3. The van der Waals surface area contributed by atoms with Gasteiger partial charge in [-0.25, -0.2) is 4.57 Å². The van der Waals surface area contributed by atoms with Gasteiger partial charge in [-0.3, -0.25) is 32.7 Å². The maximum absolute atomic E-state index is 14.7. The van der Waals surface area contributed by atoms with Crippen LogP contribution in [-0.2, 0) is 74.2 Å². The largest absolute Gasteiger partial charge is 0.477 e. The molecule has 0 radical (unpaired) electrons. The summed E-state index contributed by atoms with van der Waals surface area (Å²) in [5, 5.41) is 5.89. The molecule has 0 saturated carbocycles. The molecule has 400 valence electrons. The van der Waals surface area contributed by atoms with Crippen LogP contribution in [0.15, 0.2) is 48.5 Å². The van der Waals surface area contributed by atoms with Crippen LogP contribution in [0.2, 0.25) is 0 Å². The van der Waals surface area contributed by atoms with Crippen molar-refractivity contribution >= 4 is 43.0 Å². The molecule has 2 aromatic carbocycles. The highest BCUT2D eigenvalue weighted by molar-refractivity contribution is 7.48. The van der Waals surface area contributed by atoms with Crippen LogP contribution in [0.5, 0.6) is 0 Å². The van der Waals surface area contributed by atoms with Gasteiger partial charge in [-0.05, 0) is 57.6 Å². The smallest absolute Gasteiger partial charge is 0.462 e. The summed E-state index contributed by atoms with van der Waals surface area (Å²) in [7, 11) is -4.43. The average molecular weight is 1020 g/mol. The van der Waals surface area contributed by atoms with Crippen LogP contribution in [0.3, 0.4) is 0 Å². The van der Waals surface area contributed by atoms with Crippen molar-refractivity contribution < 1.29 is 61.0 Å². The number of amides is 2. The SMILES string of the molecule is CCCCCCCCCCC[C@H](CC(=O)Nc1cccc(COP(=O)(OCc2ccccc2)O[C@@H]2CC[C@@H]3OC(C)(C)OC[C@H]3O2)c1NC(=O)C[C@@H](CCCCCCCCCCC)OC(C)=O)OC(C)=O. The first kappa shape index (κ1) is 59.9. The molecule has 4 rings (SSSR count). The first-order valence-electron chi connectivity index (χ1n) is 26.8. The zero-order chi connectivity index (χ0) is 51.3. The molecule has 1 unspecified atom stereocenters. The van der Waals surface area contributed by atoms with Gasteiger partial charge in [0.2, 0.25) is 11.8 Å². The third-order valence-electron chi connectivity index (χ3n) is 12.8. The fourth-order valence-electron chi connectivity index (χ4n) is 9.01. The molecule has 0 aliphatic carbocycles. The molecule has 0 bridgehead atoms. The van der Waals surface area contributed by atoms with Crippen molar-refractivity contribution in [3.8, 4) is 0 Å². The molecular formula is C55H87N2O13P. The molecule has 0 aromatic heterocycles. The van der Waals surface area contributed by atoms with Gasteiger partial charge in [0.1, 0.15) is 18.3 Å². The van der Waals surface area contributed by atoms with Crippen LogP contribution in [0.25, 0.3) is 0 Å². The normalized spacial score (nSPS) is 19.2. The molecule has 2 aliphatic rings. The number of benzene rings is 2. The van der Waals surface area contributed by atoms with Crippen molar-refractivity contribution in [2.24, 2.45) is 0 Å². The minimum absolute atomic E-state index is 0.101. The molecule has 2 fully saturated rings. The van der Waals surface area contributed by atoms with Crippen LogP contribution in [0, 0.1) is 0 Å². The van der Waals surface area contributed by atoms with Gasteiger partial charge in [-0.1, -0.05) is 159 Å². The minimum Gasteiger partial charge on any atom is -0.462 e. The Kier molecular flexibility index (Phi) is 28.0. The van der Waals surface area contributed by atoms with E-state index < -0.39 is 62.0 Å². The van der Waals surface area contributed by atoms with Crippen molar-refractivity contribution in [3.05, 3.63) is 59.7 Å². The Morgan fingerprint density at radius 2 is 1.17 bits per heavy atom. The monoisotopic (exact) mass is 1010 g/mol. The summed E-state index contributed by atoms with van der Waals surface area (Å²) in [5.41, 5.74) is 1.50. The number of hydrogen-bond donors (Lipinski definition) is 2. The third-order valence-corrected chi connectivity index (χ3v) is 14.1. The molecule has 2 aliphatic heterocycles. The van der Waals surface area contributed by atoms with Crippen LogP contribution >= 0.6 is 7.82 Å². The third kappa shape index (κ3) is 24.7. The number of phosphoric acid groups is 1. The maximum atomic E-state index is 14.7. The van der Waals surface area contributed by atoms with Crippen LogP contribution in [-0.4, -0.2) is 66.9 Å². The molecule has 2 N–H and O–H groups in total. The maximum Gasteiger partial charge on any atom is 0.477 e. The number of rotatable bonds is 36. The van der Waals surface area contributed by atoms with Crippen molar-refractivity contribution in [2.45, 2.75) is 245 Å². The van der Waals surface area contributed by atoms with E-state index in [0.29, 0.717) is 31.2 Å². The van der Waals surface area contributed by atoms with Gasteiger partial charge >= 0.3 is 19.8 Å². The molecule has 2 aromatic rings. The van der Waals surface area contributed by atoms with Gasteiger partial charge in [0.15, 0.2) is 12.1 Å². The molecule has 71 heavy (non-hydrogen) atoms. The predicted octanol–water partition coefficient (Wildman–Crippen LogP) is 13.6. The molecule has 2 amide bonds. The summed E-state index contributed by atoms with van der Waals surface area (Å²) in [5.74, 6) is -2.62. The highest BCUT2D eigenvalue weighted by Crippen LogP contribution is 2.54. The fourth-order valence-corrected chi connectivity index (χ4v) is 10.3. The van der Waals surface area contributed by atoms with Crippen LogP contribution in [0.4, 0.5) is 11.4 Å². The summed E-state index contributed by atoms with van der Waals surface area (Å²) < 4.78 is 62.2. The Hall–Kier alpha value is -3.69. The van der Waals surface area contributed by atoms with E-state index in [4.69, 9.17) is 37.3 Å². The lowest BCUT2D eigenvalue weighted by Crippen LogP contribution is -2.53. The molecule has 2 heterocycles. The van der Waals surface area contributed by atoms with E-state index in [1.54, 1.807) is 18.2 Å². The quantitative estimate of drug-likeness (QED) is 0.0374. The number of carbonyl (C=O) groups excluding carboxylic acids is 4. The van der Waals surface area contributed by atoms with Crippen molar-refractivity contribution in [3.63, 3.8) is 0 Å². The fraction of sp³-hybridized carbons (Fsp3) is 0.709.